The molecule has 1 unspecified atom stereocenters. The number of carbonyl (C=O) groups excluding carboxylic acids is 2. The van der Waals surface area contributed by atoms with Crippen molar-refractivity contribution in [2.45, 2.75) is 10.9 Å². The zero-order valence-corrected chi connectivity index (χ0v) is 18.6. The molecule has 0 aromatic heterocycles. The van der Waals surface area contributed by atoms with Gasteiger partial charge in [-0.25, -0.2) is 22.7 Å². The fourth-order valence-electron chi connectivity index (χ4n) is 2.81. The maximum atomic E-state index is 12.9. The van der Waals surface area contributed by atoms with Crippen LogP contribution in [0.3, 0.4) is 0 Å². The average molecular weight is 455 g/mol. The second-order valence-electron chi connectivity index (χ2n) is 6.58. The number of methoxy groups -OCH3 is 2. The van der Waals surface area contributed by atoms with Crippen LogP contribution < -0.4 is 4.72 Å². The highest BCUT2D eigenvalue weighted by Crippen LogP contribution is 2.26. The maximum Gasteiger partial charge on any atom is 0.337 e. The lowest BCUT2D eigenvalue weighted by Crippen LogP contribution is -2.35. The van der Waals surface area contributed by atoms with E-state index in [1.54, 1.807) is 26.2 Å². The van der Waals surface area contributed by atoms with Crippen LogP contribution in [0.4, 0.5) is 0 Å². The number of rotatable bonds is 8. The third-order valence-electron chi connectivity index (χ3n) is 4.41. The molecule has 0 radical (unpaired) electrons. The Morgan fingerprint density at radius 2 is 1.57 bits per heavy atom. The molecule has 0 saturated heterocycles. The van der Waals surface area contributed by atoms with Crippen molar-refractivity contribution in [2.24, 2.45) is 0 Å². The Balaban J connectivity index is 2.39. The van der Waals surface area contributed by atoms with E-state index < -0.39 is 22.0 Å². The van der Waals surface area contributed by atoms with Crippen molar-refractivity contribution in [3.8, 4) is 0 Å². The molecule has 2 aromatic rings. The number of hydrogen-bond acceptors (Lipinski definition) is 7. The van der Waals surface area contributed by atoms with E-state index >= 15 is 0 Å². The highest BCUT2D eigenvalue weighted by atomic mass is 35.5. The highest BCUT2D eigenvalue weighted by molar-refractivity contribution is 7.89. The van der Waals surface area contributed by atoms with E-state index in [9.17, 15) is 18.0 Å². The second kappa shape index (κ2) is 10.0. The molecule has 0 fully saturated rings. The van der Waals surface area contributed by atoms with Gasteiger partial charge in [0.2, 0.25) is 10.0 Å². The Morgan fingerprint density at radius 3 is 2.03 bits per heavy atom. The van der Waals surface area contributed by atoms with Crippen molar-refractivity contribution in [3.63, 3.8) is 0 Å². The van der Waals surface area contributed by atoms with E-state index in [1.165, 1.54) is 6.07 Å². The van der Waals surface area contributed by atoms with Crippen LogP contribution in [0.1, 0.15) is 32.3 Å². The van der Waals surface area contributed by atoms with Gasteiger partial charge in [0.15, 0.2) is 0 Å². The van der Waals surface area contributed by atoms with E-state index in [2.05, 4.69) is 14.2 Å². The Bertz CT molecular complexity index is 1010. The number of nitrogens with zero attached hydrogens (tertiary/aromatic N) is 1. The predicted octanol–water partition coefficient (Wildman–Crippen LogP) is 2.49. The molecule has 0 heterocycles. The lowest BCUT2D eigenvalue weighted by atomic mass is 10.1. The number of hydrogen-bond donors (Lipinski definition) is 1. The summed E-state index contributed by atoms with van der Waals surface area (Å²) >= 11 is 6.27. The topological polar surface area (TPSA) is 102 Å². The summed E-state index contributed by atoms with van der Waals surface area (Å²) in [4.78, 5) is 25.4. The van der Waals surface area contributed by atoms with E-state index in [0.29, 0.717) is 5.02 Å². The van der Waals surface area contributed by atoms with Crippen LogP contribution >= 0.6 is 11.6 Å². The van der Waals surface area contributed by atoms with Crippen molar-refractivity contribution in [3.05, 3.63) is 64.2 Å². The number of benzene rings is 2. The summed E-state index contributed by atoms with van der Waals surface area (Å²) in [6.07, 6.45) is 0. The Hall–Kier alpha value is -2.46. The molecule has 0 aliphatic carbocycles. The molecule has 2 rings (SSSR count). The standard InChI is InChI=1S/C20H23ClN2O6S/c1-23(2)18(16-7-5-6-8-17(16)21)12-22-30(26,27)15-10-13(19(24)28-3)9-14(11-15)20(25)29-4/h5-11,18,22H,12H2,1-4H3. The summed E-state index contributed by atoms with van der Waals surface area (Å²) in [6.45, 7) is 0.00900. The summed E-state index contributed by atoms with van der Waals surface area (Å²) in [5, 5.41) is 0.510. The number of ether oxygens (including phenoxy) is 2. The molecule has 0 bridgehead atoms. The molecule has 0 amide bonds. The molecule has 8 nitrogen and oxygen atoms in total. The van der Waals surface area contributed by atoms with E-state index in [4.69, 9.17) is 11.6 Å². The minimum atomic E-state index is -4.07. The normalized spacial score (nSPS) is 12.5. The monoisotopic (exact) mass is 454 g/mol. The summed E-state index contributed by atoms with van der Waals surface area (Å²) < 4.78 is 37.7. The van der Waals surface area contributed by atoms with Gasteiger partial charge in [-0.05, 0) is 43.9 Å². The molecule has 162 valence electrons. The molecule has 0 aliphatic rings. The van der Waals surface area contributed by atoms with E-state index in [-0.39, 0.29) is 28.6 Å². The third kappa shape index (κ3) is 5.57. The van der Waals surface area contributed by atoms with E-state index in [0.717, 1.165) is 31.9 Å². The van der Waals surface area contributed by atoms with Crippen molar-refractivity contribution in [1.82, 2.24) is 9.62 Å². The Morgan fingerprint density at radius 1 is 1.03 bits per heavy atom. The number of halogens is 1. The maximum absolute atomic E-state index is 12.9. The predicted molar refractivity (Wildman–Crippen MR) is 112 cm³/mol. The fraction of sp³-hybridized carbons (Fsp3) is 0.300. The van der Waals surface area contributed by atoms with Gasteiger partial charge < -0.3 is 14.4 Å². The molecule has 1 N–H and O–H groups in total. The highest BCUT2D eigenvalue weighted by Gasteiger charge is 2.24. The van der Waals surface area contributed by atoms with Crippen molar-refractivity contribution < 1.29 is 27.5 Å². The zero-order chi connectivity index (χ0) is 22.5. The lowest BCUT2D eigenvalue weighted by molar-refractivity contribution is 0.0598. The fourth-order valence-corrected chi connectivity index (χ4v) is 4.18. The smallest absolute Gasteiger partial charge is 0.337 e. The van der Waals surface area contributed by atoms with Crippen molar-refractivity contribution >= 4 is 33.6 Å². The van der Waals surface area contributed by atoms with Crippen LogP contribution in [-0.4, -0.2) is 60.1 Å². The lowest BCUT2D eigenvalue weighted by Gasteiger charge is -2.26. The van der Waals surface area contributed by atoms with Crippen LogP contribution in [0.25, 0.3) is 0 Å². The van der Waals surface area contributed by atoms with E-state index in [1.807, 2.05) is 17.0 Å². The van der Waals surface area contributed by atoms with Gasteiger partial charge in [-0.1, -0.05) is 29.8 Å². The largest absolute Gasteiger partial charge is 0.465 e. The summed E-state index contributed by atoms with van der Waals surface area (Å²) in [7, 11) is 1.84. The van der Waals surface area contributed by atoms with Gasteiger partial charge in [0.1, 0.15) is 0 Å². The minimum Gasteiger partial charge on any atom is -0.465 e. The zero-order valence-electron chi connectivity index (χ0n) is 17.0. The van der Waals surface area contributed by atoms with Gasteiger partial charge in [0.25, 0.3) is 0 Å². The van der Waals surface area contributed by atoms with Crippen LogP contribution in [0.2, 0.25) is 5.02 Å². The molecular weight excluding hydrogens is 432 g/mol. The van der Waals surface area contributed by atoms with Gasteiger partial charge in [-0.15, -0.1) is 0 Å². The first-order valence-electron chi connectivity index (χ1n) is 8.83. The molecule has 0 saturated carbocycles. The molecule has 1 atom stereocenters. The first-order valence-corrected chi connectivity index (χ1v) is 10.7. The summed E-state index contributed by atoms with van der Waals surface area (Å²) in [6, 6.07) is 10.3. The van der Waals surface area contributed by atoms with Crippen molar-refractivity contribution in [2.75, 3.05) is 34.9 Å². The first kappa shape index (κ1) is 23.8. The molecule has 0 aliphatic heterocycles. The number of esters is 2. The molecule has 10 heteroatoms. The summed E-state index contributed by atoms with van der Waals surface area (Å²) in [5.74, 6) is -1.56. The quantitative estimate of drug-likeness (QED) is 0.611. The van der Waals surface area contributed by atoms with Crippen LogP contribution in [0, 0.1) is 0 Å². The average Bonchev–Trinajstić information content (AvgIpc) is 2.73. The third-order valence-corrected chi connectivity index (χ3v) is 6.16. The number of nitrogens with one attached hydrogen (secondary N) is 1. The SMILES string of the molecule is COC(=O)c1cc(C(=O)OC)cc(S(=O)(=O)NCC(c2ccccc2Cl)N(C)C)c1. The summed E-state index contributed by atoms with van der Waals surface area (Å²) in [5.41, 5.74) is 0.581. The van der Waals surface area contributed by atoms with Gasteiger partial charge in [-0.3, -0.25) is 0 Å². The van der Waals surface area contributed by atoms with Crippen LogP contribution in [0.15, 0.2) is 47.4 Å². The first-order chi connectivity index (χ1) is 14.1. The minimum absolute atomic E-state index is 0.00900. The Kier molecular flexibility index (Phi) is 7.96. The van der Waals surface area contributed by atoms with Gasteiger partial charge in [-0.2, -0.15) is 0 Å². The van der Waals surface area contributed by atoms with Gasteiger partial charge >= 0.3 is 11.9 Å². The molecule has 2 aromatic carbocycles. The molecular formula is C20H23ClN2O6S. The number of sulfonamides is 1. The Labute approximate surface area is 180 Å². The number of likely N-dealkylation sites (N-methyl/N-ethyl adjacent to an activating group) is 1. The molecule has 30 heavy (non-hydrogen) atoms. The van der Waals surface area contributed by atoms with Crippen LogP contribution in [-0.2, 0) is 19.5 Å². The van der Waals surface area contributed by atoms with Crippen molar-refractivity contribution in [1.29, 1.82) is 0 Å². The molecule has 0 spiro atoms. The van der Waals surface area contributed by atoms with Gasteiger partial charge in [0, 0.05) is 17.6 Å². The van der Waals surface area contributed by atoms with Gasteiger partial charge in [0.05, 0.1) is 30.2 Å². The second-order valence-corrected chi connectivity index (χ2v) is 8.76. The van der Waals surface area contributed by atoms with Crippen LogP contribution in [0.5, 0.6) is 0 Å². The number of carbonyl (C=O) groups is 2.